The number of carbonyl (C=O) groups is 1. The van der Waals surface area contributed by atoms with E-state index in [0.29, 0.717) is 11.3 Å². The Hall–Kier alpha value is -2.65. The van der Waals surface area contributed by atoms with Gasteiger partial charge < -0.3 is 5.32 Å². The Kier molecular flexibility index (Phi) is 4.92. The fourth-order valence-corrected chi connectivity index (χ4v) is 3.14. The average Bonchev–Trinajstić information content (AvgIpc) is 2.54. The molecule has 0 bridgehead atoms. The highest BCUT2D eigenvalue weighted by Gasteiger charge is 2.16. The summed E-state index contributed by atoms with van der Waals surface area (Å²) in [7, 11) is -3.49. The molecule has 0 fully saturated rings. The molecule has 0 aliphatic heterocycles. The summed E-state index contributed by atoms with van der Waals surface area (Å²) in [5.41, 5.74) is 0.717. The van der Waals surface area contributed by atoms with E-state index in [1.165, 1.54) is 12.1 Å². The molecule has 0 aliphatic rings. The smallest absolute Gasteiger partial charge is 0.225 e. The van der Waals surface area contributed by atoms with E-state index in [1.54, 1.807) is 42.5 Å². The van der Waals surface area contributed by atoms with E-state index >= 15 is 0 Å². The lowest BCUT2D eigenvalue weighted by molar-refractivity contribution is -0.115. The molecule has 0 spiro atoms. The molecule has 0 saturated carbocycles. The van der Waals surface area contributed by atoms with Crippen LogP contribution >= 0.6 is 0 Å². The third-order valence-electron chi connectivity index (χ3n) is 3.02. The van der Waals surface area contributed by atoms with Crippen LogP contribution in [0.3, 0.4) is 0 Å². The highest BCUT2D eigenvalue weighted by atomic mass is 32.2. The lowest BCUT2D eigenvalue weighted by Crippen LogP contribution is -2.18. The molecule has 2 aromatic rings. The minimum absolute atomic E-state index is 0.170. The van der Waals surface area contributed by atoms with Gasteiger partial charge in [0.2, 0.25) is 5.91 Å². The van der Waals surface area contributed by atoms with Crippen LogP contribution in [0.2, 0.25) is 0 Å². The molecular weight excluding hydrogens is 300 g/mol. The number of carbonyl (C=O) groups excluding carboxylic acids is 1. The van der Waals surface area contributed by atoms with E-state index in [-0.39, 0.29) is 17.1 Å². The number of nitrogens with zero attached hydrogens (tertiary/aromatic N) is 1. The number of benzene rings is 2. The molecule has 0 heterocycles. The van der Waals surface area contributed by atoms with Crippen molar-refractivity contribution in [1.29, 1.82) is 5.26 Å². The summed E-state index contributed by atoms with van der Waals surface area (Å²) in [5.74, 6) is -0.723. The second-order valence-corrected chi connectivity index (χ2v) is 6.70. The van der Waals surface area contributed by atoms with E-state index < -0.39 is 15.7 Å². The molecule has 112 valence electrons. The maximum absolute atomic E-state index is 12.1. The van der Waals surface area contributed by atoms with Crippen LogP contribution in [0.4, 0.5) is 5.69 Å². The molecule has 0 unspecified atom stereocenters. The predicted octanol–water partition coefficient (Wildman–Crippen LogP) is 2.36. The molecule has 6 heteroatoms. The first-order valence-corrected chi connectivity index (χ1v) is 8.25. The molecule has 0 radical (unpaired) electrons. The van der Waals surface area contributed by atoms with Crippen molar-refractivity contribution in [1.82, 2.24) is 0 Å². The van der Waals surface area contributed by atoms with Crippen molar-refractivity contribution in [3.63, 3.8) is 0 Å². The number of rotatable bonds is 5. The molecule has 1 amide bonds. The Balaban J connectivity index is 2.01. The number of hydrogen-bond donors (Lipinski definition) is 1. The van der Waals surface area contributed by atoms with Crippen LogP contribution < -0.4 is 5.32 Å². The Morgan fingerprint density at radius 2 is 1.68 bits per heavy atom. The highest BCUT2D eigenvalue weighted by molar-refractivity contribution is 7.91. The van der Waals surface area contributed by atoms with Crippen molar-refractivity contribution in [2.75, 3.05) is 11.1 Å². The summed E-state index contributed by atoms with van der Waals surface area (Å²) < 4.78 is 24.2. The van der Waals surface area contributed by atoms with Crippen LogP contribution in [-0.4, -0.2) is 20.1 Å². The van der Waals surface area contributed by atoms with E-state index in [1.807, 2.05) is 6.07 Å². The molecule has 0 atom stereocenters. The van der Waals surface area contributed by atoms with E-state index in [4.69, 9.17) is 5.26 Å². The summed E-state index contributed by atoms with van der Waals surface area (Å²) in [6, 6.07) is 16.5. The van der Waals surface area contributed by atoms with Crippen LogP contribution in [0.5, 0.6) is 0 Å². The second kappa shape index (κ2) is 6.87. The average molecular weight is 314 g/mol. The lowest BCUT2D eigenvalue weighted by Gasteiger charge is -2.07. The summed E-state index contributed by atoms with van der Waals surface area (Å²) in [6.07, 6.45) is -0.170. The van der Waals surface area contributed by atoms with Crippen molar-refractivity contribution >= 4 is 21.4 Å². The number of sulfone groups is 1. The van der Waals surface area contributed by atoms with E-state index in [9.17, 15) is 13.2 Å². The predicted molar refractivity (Wildman–Crippen MR) is 82.9 cm³/mol. The maximum Gasteiger partial charge on any atom is 0.225 e. The van der Waals surface area contributed by atoms with Crippen molar-refractivity contribution in [2.24, 2.45) is 0 Å². The highest BCUT2D eigenvalue weighted by Crippen LogP contribution is 2.15. The van der Waals surface area contributed by atoms with Gasteiger partial charge >= 0.3 is 0 Å². The Morgan fingerprint density at radius 1 is 1.05 bits per heavy atom. The van der Waals surface area contributed by atoms with Gasteiger partial charge in [0.25, 0.3) is 0 Å². The summed E-state index contributed by atoms with van der Waals surface area (Å²) >= 11 is 0. The van der Waals surface area contributed by atoms with Gasteiger partial charge in [0.1, 0.15) is 6.07 Å². The zero-order valence-corrected chi connectivity index (χ0v) is 12.5. The number of nitriles is 1. The first kappa shape index (κ1) is 15.7. The minimum atomic E-state index is -3.49. The van der Waals surface area contributed by atoms with Gasteiger partial charge in [0, 0.05) is 6.42 Å². The molecular formula is C16H14N2O3S. The van der Waals surface area contributed by atoms with Gasteiger partial charge in [-0.25, -0.2) is 8.42 Å². The third kappa shape index (κ3) is 3.93. The minimum Gasteiger partial charge on any atom is -0.325 e. The van der Waals surface area contributed by atoms with Crippen molar-refractivity contribution in [2.45, 2.75) is 11.3 Å². The fraction of sp³-hybridized carbons (Fsp3) is 0.125. The van der Waals surface area contributed by atoms with Gasteiger partial charge in [0.05, 0.1) is 21.9 Å². The van der Waals surface area contributed by atoms with Crippen LogP contribution in [0.15, 0.2) is 59.5 Å². The topological polar surface area (TPSA) is 87.0 Å². The Bertz CT molecular complexity index is 809. The molecule has 2 rings (SSSR count). The third-order valence-corrected chi connectivity index (χ3v) is 4.75. The zero-order chi connectivity index (χ0) is 16.0. The molecule has 1 N–H and O–H groups in total. The van der Waals surface area contributed by atoms with Crippen molar-refractivity contribution in [3.8, 4) is 6.07 Å². The number of anilines is 1. The number of nitrogens with one attached hydrogen (secondary N) is 1. The van der Waals surface area contributed by atoms with Crippen molar-refractivity contribution in [3.05, 3.63) is 60.2 Å². The standard InChI is InChI=1S/C16H14N2O3S/c17-12-13-6-4-5-9-15(13)18-16(19)10-11-22(20,21)14-7-2-1-3-8-14/h1-9H,10-11H2,(H,18,19). The summed E-state index contributed by atoms with van der Waals surface area (Å²) in [5, 5.41) is 11.5. The quantitative estimate of drug-likeness (QED) is 0.917. The van der Waals surface area contributed by atoms with Gasteiger partial charge in [0.15, 0.2) is 9.84 Å². The van der Waals surface area contributed by atoms with Gasteiger partial charge in [-0.05, 0) is 24.3 Å². The molecule has 0 aromatic heterocycles. The summed E-state index contributed by atoms with van der Waals surface area (Å²) in [6.45, 7) is 0. The molecule has 5 nitrogen and oxygen atoms in total. The van der Waals surface area contributed by atoms with Crippen LogP contribution in [-0.2, 0) is 14.6 Å². The largest absolute Gasteiger partial charge is 0.325 e. The molecule has 0 saturated heterocycles. The molecule has 22 heavy (non-hydrogen) atoms. The summed E-state index contributed by atoms with van der Waals surface area (Å²) in [4.78, 5) is 12.1. The van der Waals surface area contributed by atoms with Gasteiger partial charge in [-0.3, -0.25) is 4.79 Å². The first-order chi connectivity index (χ1) is 10.5. The van der Waals surface area contributed by atoms with E-state index in [0.717, 1.165) is 0 Å². The maximum atomic E-state index is 12.1. The van der Waals surface area contributed by atoms with Crippen LogP contribution in [0.1, 0.15) is 12.0 Å². The Morgan fingerprint density at radius 3 is 2.36 bits per heavy atom. The van der Waals surface area contributed by atoms with Crippen molar-refractivity contribution < 1.29 is 13.2 Å². The van der Waals surface area contributed by atoms with Crippen LogP contribution in [0, 0.1) is 11.3 Å². The first-order valence-electron chi connectivity index (χ1n) is 6.60. The number of amides is 1. The van der Waals surface area contributed by atoms with E-state index in [2.05, 4.69) is 5.32 Å². The SMILES string of the molecule is N#Cc1ccccc1NC(=O)CCS(=O)(=O)c1ccccc1. The number of para-hydroxylation sites is 1. The monoisotopic (exact) mass is 314 g/mol. The van der Waals surface area contributed by atoms with Gasteiger partial charge in [-0.1, -0.05) is 30.3 Å². The van der Waals surface area contributed by atoms with Gasteiger partial charge in [-0.2, -0.15) is 5.26 Å². The molecule has 2 aromatic carbocycles. The Labute approximate surface area is 129 Å². The molecule has 0 aliphatic carbocycles. The zero-order valence-electron chi connectivity index (χ0n) is 11.7. The van der Waals surface area contributed by atoms with Gasteiger partial charge in [-0.15, -0.1) is 0 Å². The van der Waals surface area contributed by atoms with Crippen LogP contribution in [0.25, 0.3) is 0 Å². The lowest BCUT2D eigenvalue weighted by atomic mass is 10.2. The second-order valence-electron chi connectivity index (χ2n) is 4.59. The normalized spacial score (nSPS) is 10.7. The fourth-order valence-electron chi connectivity index (χ4n) is 1.88. The number of hydrogen-bond acceptors (Lipinski definition) is 4.